The Kier molecular flexibility index (Phi) is 6.76. The maximum absolute atomic E-state index is 12.6. The van der Waals surface area contributed by atoms with Crippen molar-refractivity contribution in [1.82, 2.24) is 24.9 Å². The molecule has 0 saturated carbocycles. The van der Waals surface area contributed by atoms with Crippen LogP contribution >= 0.6 is 0 Å². The van der Waals surface area contributed by atoms with Crippen LogP contribution in [0.4, 0.5) is 0 Å². The molecule has 0 bridgehead atoms. The van der Waals surface area contributed by atoms with E-state index in [0.29, 0.717) is 18.0 Å². The summed E-state index contributed by atoms with van der Waals surface area (Å²) < 4.78 is 7.03. The van der Waals surface area contributed by atoms with Crippen molar-refractivity contribution in [1.29, 1.82) is 0 Å². The summed E-state index contributed by atoms with van der Waals surface area (Å²) in [5, 5.41) is 7.13. The van der Waals surface area contributed by atoms with Gasteiger partial charge in [-0.15, -0.1) is 5.10 Å². The third-order valence-electron chi connectivity index (χ3n) is 4.53. The summed E-state index contributed by atoms with van der Waals surface area (Å²) in [6, 6.07) is 10.6. The molecule has 8 heteroatoms. The zero-order valence-corrected chi connectivity index (χ0v) is 17.8. The molecule has 0 aliphatic carbocycles. The van der Waals surface area contributed by atoms with Crippen LogP contribution in [-0.4, -0.2) is 37.5 Å². The first-order chi connectivity index (χ1) is 14.3. The number of nitrogens with one attached hydrogen (secondary N) is 1. The number of fused-ring (bicyclic) bond motifs is 1. The highest BCUT2D eigenvalue weighted by molar-refractivity contribution is 5.85. The lowest BCUT2D eigenvalue weighted by Gasteiger charge is -2.19. The topological polar surface area (TPSA) is 98.5 Å². The highest BCUT2D eigenvalue weighted by Gasteiger charge is 2.24. The van der Waals surface area contributed by atoms with E-state index < -0.39 is 12.0 Å². The molecule has 0 unspecified atom stereocenters. The van der Waals surface area contributed by atoms with Crippen molar-refractivity contribution < 1.29 is 14.3 Å². The molecule has 30 heavy (non-hydrogen) atoms. The van der Waals surface area contributed by atoms with Crippen molar-refractivity contribution in [2.24, 2.45) is 5.92 Å². The molecule has 0 radical (unpaired) electrons. The number of carbonyl (C=O) groups is 2. The molecule has 1 atom stereocenters. The van der Waals surface area contributed by atoms with Crippen LogP contribution < -0.4 is 5.32 Å². The van der Waals surface area contributed by atoms with E-state index in [9.17, 15) is 9.59 Å². The lowest BCUT2D eigenvalue weighted by Crippen LogP contribution is -2.43. The maximum atomic E-state index is 12.6. The molecular formula is C22H27N5O3. The number of esters is 1. The summed E-state index contributed by atoms with van der Waals surface area (Å²) in [5.74, 6) is 0.244. The second-order valence-electron chi connectivity index (χ2n) is 7.80. The summed E-state index contributed by atoms with van der Waals surface area (Å²) in [5.41, 5.74) is 2.62. The lowest BCUT2D eigenvalue weighted by atomic mass is 10.0. The number of benzene rings is 1. The third kappa shape index (κ3) is 5.62. The van der Waals surface area contributed by atoms with Gasteiger partial charge in [-0.25, -0.2) is 14.3 Å². The number of aryl methyl sites for hydroxylation is 2. The highest BCUT2D eigenvalue weighted by Crippen LogP contribution is 2.10. The van der Waals surface area contributed by atoms with Crippen molar-refractivity contribution >= 4 is 17.7 Å². The van der Waals surface area contributed by atoms with E-state index in [-0.39, 0.29) is 24.9 Å². The van der Waals surface area contributed by atoms with Gasteiger partial charge in [0.15, 0.2) is 5.82 Å². The molecule has 0 fully saturated rings. The van der Waals surface area contributed by atoms with Gasteiger partial charge in [0, 0.05) is 11.4 Å². The smallest absolute Gasteiger partial charge is 0.328 e. The van der Waals surface area contributed by atoms with Crippen LogP contribution in [0.3, 0.4) is 0 Å². The van der Waals surface area contributed by atoms with E-state index in [1.807, 2.05) is 64.1 Å². The number of ether oxygens (including phenoxy) is 1. The fourth-order valence-corrected chi connectivity index (χ4v) is 3.19. The van der Waals surface area contributed by atoms with Crippen LogP contribution in [0.25, 0.3) is 5.78 Å². The number of hydrogen-bond acceptors (Lipinski definition) is 6. The quantitative estimate of drug-likeness (QED) is 0.574. The standard InChI is InChI=1S/C22H27N5O3/c1-14(2)10-18(21(29)30-13-17-8-6-5-7-9-17)24-20(28)12-19-25-22-23-15(3)11-16(4)27(22)26-19/h5-9,11,14,18H,10,12-13H2,1-4H3,(H,24,28)/t18-/m0/s1. The van der Waals surface area contributed by atoms with Crippen LogP contribution in [0.2, 0.25) is 0 Å². The molecule has 1 N–H and O–H groups in total. The van der Waals surface area contributed by atoms with Crippen molar-refractivity contribution in [2.45, 2.75) is 53.2 Å². The van der Waals surface area contributed by atoms with E-state index in [2.05, 4.69) is 20.4 Å². The van der Waals surface area contributed by atoms with Crippen LogP contribution in [0.1, 0.15) is 43.0 Å². The molecule has 1 aromatic carbocycles. The Balaban J connectivity index is 1.64. The second-order valence-corrected chi connectivity index (χ2v) is 7.80. The van der Waals surface area contributed by atoms with Gasteiger partial charge in [0.1, 0.15) is 12.6 Å². The zero-order valence-electron chi connectivity index (χ0n) is 17.8. The predicted octanol–water partition coefficient (Wildman–Crippen LogP) is 2.56. The van der Waals surface area contributed by atoms with Crippen molar-refractivity contribution in [3.63, 3.8) is 0 Å². The summed E-state index contributed by atoms with van der Waals surface area (Å²) in [6.07, 6.45) is 0.445. The number of nitrogens with zero attached hydrogens (tertiary/aromatic N) is 4. The monoisotopic (exact) mass is 409 g/mol. The zero-order chi connectivity index (χ0) is 21.7. The molecule has 3 rings (SSSR count). The summed E-state index contributed by atoms with van der Waals surface area (Å²) in [7, 11) is 0. The van der Waals surface area contributed by atoms with E-state index in [1.54, 1.807) is 4.52 Å². The molecule has 0 spiro atoms. The number of aromatic nitrogens is 4. The Bertz CT molecular complexity index is 1030. The van der Waals surface area contributed by atoms with Crippen molar-refractivity contribution in [2.75, 3.05) is 0 Å². The van der Waals surface area contributed by atoms with E-state index in [0.717, 1.165) is 17.0 Å². The van der Waals surface area contributed by atoms with E-state index >= 15 is 0 Å². The van der Waals surface area contributed by atoms with E-state index in [4.69, 9.17) is 4.74 Å². The SMILES string of the molecule is Cc1cc(C)n2nc(CC(=O)N[C@@H](CC(C)C)C(=O)OCc3ccccc3)nc2n1. The van der Waals surface area contributed by atoms with Gasteiger partial charge >= 0.3 is 5.97 Å². The number of hydrogen-bond donors (Lipinski definition) is 1. The average molecular weight is 409 g/mol. The molecule has 1 amide bonds. The summed E-state index contributed by atoms with van der Waals surface area (Å²) in [6.45, 7) is 7.93. The predicted molar refractivity (Wildman–Crippen MR) is 112 cm³/mol. The van der Waals surface area contributed by atoms with Gasteiger partial charge in [0.05, 0.1) is 6.42 Å². The Hall–Kier alpha value is -3.29. The molecule has 158 valence electrons. The molecule has 0 aliphatic rings. The normalized spacial score (nSPS) is 12.2. The van der Waals surface area contributed by atoms with Gasteiger partial charge in [0.25, 0.3) is 5.78 Å². The molecule has 0 saturated heterocycles. The Morgan fingerprint density at radius 3 is 2.57 bits per heavy atom. The second kappa shape index (κ2) is 9.47. The van der Waals surface area contributed by atoms with Crippen LogP contribution in [0.15, 0.2) is 36.4 Å². The lowest BCUT2D eigenvalue weighted by molar-refractivity contribution is -0.149. The minimum atomic E-state index is -0.722. The average Bonchev–Trinajstić information content (AvgIpc) is 3.08. The van der Waals surface area contributed by atoms with Crippen LogP contribution in [0.5, 0.6) is 0 Å². The Labute approximate surface area is 175 Å². The maximum Gasteiger partial charge on any atom is 0.328 e. The van der Waals surface area contributed by atoms with Gasteiger partial charge < -0.3 is 10.1 Å². The molecule has 8 nitrogen and oxygen atoms in total. The van der Waals surface area contributed by atoms with Crippen molar-refractivity contribution in [3.05, 3.63) is 59.2 Å². The first-order valence-electron chi connectivity index (χ1n) is 10.0. The Morgan fingerprint density at radius 1 is 1.13 bits per heavy atom. The first kappa shape index (κ1) is 21.4. The summed E-state index contributed by atoms with van der Waals surface area (Å²) >= 11 is 0. The number of amides is 1. The minimum absolute atomic E-state index is 0.0393. The van der Waals surface area contributed by atoms with Crippen molar-refractivity contribution in [3.8, 4) is 0 Å². The van der Waals surface area contributed by atoms with Gasteiger partial charge in [-0.1, -0.05) is 44.2 Å². The van der Waals surface area contributed by atoms with Gasteiger partial charge in [-0.2, -0.15) is 4.98 Å². The van der Waals surface area contributed by atoms with E-state index in [1.165, 1.54) is 0 Å². The van der Waals surface area contributed by atoms with Gasteiger partial charge in [-0.05, 0) is 37.8 Å². The summed E-state index contributed by atoms with van der Waals surface area (Å²) in [4.78, 5) is 33.8. The number of carbonyl (C=O) groups excluding carboxylic acids is 2. The van der Waals surface area contributed by atoms with Crippen LogP contribution in [0, 0.1) is 19.8 Å². The van der Waals surface area contributed by atoms with Gasteiger partial charge in [0.2, 0.25) is 5.91 Å². The molecule has 2 heterocycles. The van der Waals surface area contributed by atoms with Crippen LogP contribution in [-0.2, 0) is 27.4 Å². The Morgan fingerprint density at radius 2 is 1.87 bits per heavy atom. The number of rotatable bonds is 8. The molecular weight excluding hydrogens is 382 g/mol. The third-order valence-corrected chi connectivity index (χ3v) is 4.53. The highest BCUT2D eigenvalue weighted by atomic mass is 16.5. The molecule has 3 aromatic rings. The fourth-order valence-electron chi connectivity index (χ4n) is 3.19. The minimum Gasteiger partial charge on any atom is -0.459 e. The largest absolute Gasteiger partial charge is 0.459 e. The molecule has 2 aromatic heterocycles. The first-order valence-corrected chi connectivity index (χ1v) is 10.0. The fraction of sp³-hybridized carbons (Fsp3) is 0.409. The van der Waals surface area contributed by atoms with Gasteiger partial charge in [-0.3, -0.25) is 4.79 Å². The molecule has 0 aliphatic heterocycles.